The summed E-state index contributed by atoms with van der Waals surface area (Å²) in [6.45, 7) is 4.43. The molecule has 0 aliphatic carbocycles. The largest absolute Gasteiger partial charge is 0.348 e. The van der Waals surface area contributed by atoms with Crippen LogP contribution in [0.1, 0.15) is 32.9 Å². The summed E-state index contributed by atoms with van der Waals surface area (Å²) in [7, 11) is 0. The Morgan fingerprint density at radius 3 is 2.62 bits per heavy atom. The van der Waals surface area contributed by atoms with Gasteiger partial charge in [-0.25, -0.2) is 9.50 Å². The van der Waals surface area contributed by atoms with E-state index in [1.807, 2.05) is 74.5 Å². The molecule has 2 aromatic carbocycles. The van der Waals surface area contributed by atoms with Crippen LogP contribution in [-0.4, -0.2) is 25.5 Å². The van der Waals surface area contributed by atoms with E-state index in [9.17, 15) is 4.79 Å². The van der Waals surface area contributed by atoms with Crippen LogP contribution in [0.25, 0.3) is 5.78 Å². The van der Waals surface area contributed by atoms with Gasteiger partial charge in [0.05, 0.1) is 0 Å². The van der Waals surface area contributed by atoms with Gasteiger partial charge in [0, 0.05) is 29.2 Å². The molecule has 1 N–H and O–H groups in total. The second kappa shape index (κ2) is 8.45. The third kappa shape index (κ3) is 4.46. The van der Waals surface area contributed by atoms with Gasteiger partial charge in [0.2, 0.25) is 5.16 Å². The summed E-state index contributed by atoms with van der Waals surface area (Å²) in [6.07, 6.45) is 0. The highest BCUT2D eigenvalue weighted by atomic mass is 32.2. The lowest BCUT2D eigenvalue weighted by Gasteiger charge is -2.09. The molecule has 7 heteroatoms. The molecule has 0 spiro atoms. The van der Waals surface area contributed by atoms with Crippen LogP contribution in [0.3, 0.4) is 0 Å². The summed E-state index contributed by atoms with van der Waals surface area (Å²) in [5, 5.41) is 8.16. The first-order valence-corrected chi connectivity index (χ1v) is 10.3. The van der Waals surface area contributed by atoms with Gasteiger partial charge >= 0.3 is 0 Å². The van der Waals surface area contributed by atoms with Gasteiger partial charge in [-0.05, 0) is 37.1 Å². The van der Waals surface area contributed by atoms with E-state index in [1.165, 1.54) is 11.8 Å². The third-order valence-corrected chi connectivity index (χ3v) is 5.40. The number of amides is 1. The smallest absolute Gasteiger partial charge is 0.253 e. The second-order valence-electron chi connectivity index (χ2n) is 6.76. The lowest BCUT2D eigenvalue weighted by atomic mass is 10.1. The number of aryl methyl sites for hydroxylation is 2. The number of nitrogens with zero attached hydrogens (tertiary/aromatic N) is 4. The van der Waals surface area contributed by atoms with Crippen molar-refractivity contribution in [2.45, 2.75) is 31.3 Å². The second-order valence-corrected chi connectivity index (χ2v) is 7.70. The van der Waals surface area contributed by atoms with Gasteiger partial charge in [0.25, 0.3) is 11.7 Å². The molecule has 0 aliphatic rings. The molecule has 0 saturated carbocycles. The van der Waals surface area contributed by atoms with Crippen LogP contribution in [0, 0.1) is 13.8 Å². The van der Waals surface area contributed by atoms with Crippen molar-refractivity contribution in [2.24, 2.45) is 0 Å². The van der Waals surface area contributed by atoms with E-state index in [4.69, 9.17) is 0 Å². The predicted octanol–water partition coefficient (Wildman–Crippen LogP) is 3.96. The fraction of sp³-hybridized carbons (Fsp3) is 0.182. The first-order chi connectivity index (χ1) is 14.1. The van der Waals surface area contributed by atoms with E-state index in [-0.39, 0.29) is 5.91 Å². The number of hydrogen-bond acceptors (Lipinski definition) is 5. The van der Waals surface area contributed by atoms with Gasteiger partial charge in [-0.1, -0.05) is 60.3 Å². The molecule has 0 aliphatic heterocycles. The zero-order valence-electron chi connectivity index (χ0n) is 16.3. The van der Waals surface area contributed by atoms with E-state index in [1.54, 1.807) is 4.52 Å². The van der Waals surface area contributed by atoms with Crippen molar-refractivity contribution in [3.8, 4) is 0 Å². The number of thioether (sulfide) groups is 1. The van der Waals surface area contributed by atoms with Gasteiger partial charge in [-0.2, -0.15) is 4.98 Å². The Kier molecular flexibility index (Phi) is 5.57. The van der Waals surface area contributed by atoms with Crippen molar-refractivity contribution >= 4 is 23.4 Å². The van der Waals surface area contributed by atoms with Crippen LogP contribution in [0.5, 0.6) is 0 Å². The minimum absolute atomic E-state index is 0.0823. The Labute approximate surface area is 173 Å². The molecule has 0 saturated heterocycles. The molecule has 29 heavy (non-hydrogen) atoms. The maximum atomic E-state index is 12.7. The van der Waals surface area contributed by atoms with Crippen LogP contribution < -0.4 is 5.32 Å². The van der Waals surface area contributed by atoms with Crippen LogP contribution in [-0.2, 0) is 12.3 Å². The molecule has 2 aromatic heterocycles. The van der Waals surface area contributed by atoms with Crippen molar-refractivity contribution in [3.05, 3.63) is 88.7 Å². The number of hydrogen-bond donors (Lipinski definition) is 1. The predicted molar refractivity (Wildman–Crippen MR) is 114 cm³/mol. The van der Waals surface area contributed by atoms with Crippen LogP contribution in [0.15, 0.2) is 65.8 Å². The van der Waals surface area contributed by atoms with E-state index in [0.717, 1.165) is 22.5 Å². The molecule has 1 amide bonds. The minimum Gasteiger partial charge on any atom is -0.348 e. The molecular weight excluding hydrogens is 382 g/mol. The number of carbonyl (C=O) groups excluding carboxylic acids is 1. The van der Waals surface area contributed by atoms with E-state index < -0.39 is 0 Å². The minimum atomic E-state index is -0.0823. The highest BCUT2D eigenvalue weighted by Gasteiger charge is 2.13. The lowest BCUT2D eigenvalue weighted by molar-refractivity contribution is 0.0950. The van der Waals surface area contributed by atoms with Gasteiger partial charge in [0.1, 0.15) is 0 Å². The highest BCUT2D eigenvalue weighted by Crippen LogP contribution is 2.23. The topological polar surface area (TPSA) is 72.2 Å². The van der Waals surface area contributed by atoms with Gasteiger partial charge in [0.15, 0.2) is 0 Å². The molecule has 146 valence electrons. The summed E-state index contributed by atoms with van der Waals surface area (Å²) in [5.41, 5.74) is 4.60. The normalized spacial score (nSPS) is 11.0. The monoisotopic (exact) mass is 403 g/mol. The summed E-state index contributed by atoms with van der Waals surface area (Å²) in [6, 6.07) is 19.5. The van der Waals surface area contributed by atoms with Gasteiger partial charge in [-0.15, -0.1) is 5.10 Å². The maximum Gasteiger partial charge on any atom is 0.253 e. The summed E-state index contributed by atoms with van der Waals surface area (Å²) in [5.74, 6) is 1.11. The van der Waals surface area contributed by atoms with Crippen LogP contribution in [0.4, 0.5) is 0 Å². The average molecular weight is 404 g/mol. The summed E-state index contributed by atoms with van der Waals surface area (Å²) < 4.78 is 1.74. The molecule has 4 rings (SSSR count). The average Bonchev–Trinajstić information content (AvgIpc) is 3.15. The van der Waals surface area contributed by atoms with Gasteiger partial charge < -0.3 is 5.32 Å². The van der Waals surface area contributed by atoms with E-state index >= 15 is 0 Å². The third-order valence-electron chi connectivity index (χ3n) is 4.51. The zero-order chi connectivity index (χ0) is 20.2. The first kappa shape index (κ1) is 19.1. The number of carbonyl (C=O) groups is 1. The number of aromatic nitrogens is 4. The number of fused-ring (bicyclic) bond motifs is 1. The van der Waals surface area contributed by atoms with E-state index in [2.05, 4.69) is 20.4 Å². The fourth-order valence-electron chi connectivity index (χ4n) is 3.09. The molecule has 0 unspecified atom stereocenters. The highest BCUT2D eigenvalue weighted by molar-refractivity contribution is 7.98. The van der Waals surface area contributed by atoms with Gasteiger partial charge in [-0.3, -0.25) is 4.79 Å². The maximum absolute atomic E-state index is 12.7. The Morgan fingerprint density at radius 2 is 1.79 bits per heavy atom. The Bertz CT molecular complexity index is 1160. The molecule has 6 nitrogen and oxygen atoms in total. The zero-order valence-corrected chi connectivity index (χ0v) is 17.1. The molecule has 4 aromatic rings. The van der Waals surface area contributed by atoms with Crippen molar-refractivity contribution in [1.29, 1.82) is 0 Å². The van der Waals surface area contributed by atoms with Crippen molar-refractivity contribution < 1.29 is 4.79 Å². The van der Waals surface area contributed by atoms with Crippen molar-refractivity contribution in [3.63, 3.8) is 0 Å². The van der Waals surface area contributed by atoms with Crippen LogP contribution >= 0.6 is 11.8 Å². The number of rotatable bonds is 6. The van der Waals surface area contributed by atoms with Crippen molar-refractivity contribution in [2.75, 3.05) is 0 Å². The molecule has 0 atom stereocenters. The lowest BCUT2D eigenvalue weighted by Crippen LogP contribution is -2.23. The molecule has 0 radical (unpaired) electrons. The van der Waals surface area contributed by atoms with Crippen molar-refractivity contribution in [1.82, 2.24) is 24.9 Å². The number of nitrogens with one attached hydrogen (secondary N) is 1. The first-order valence-electron chi connectivity index (χ1n) is 9.34. The molecule has 0 bridgehead atoms. The quantitative estimate of drug-likeness (QED) is 0.493. The standard InChI is InChI=1S/C22H21N5OS/c1-15-12-16(2)27-21(24-15)25-22(26-27)29-14-18-10-6-7-11-19(18)20(28)23-13-17-8-4-3-5-9-17/h3-12H,13-14H2,1-2H3,(H,23,28). The van der Waals surface area contributed by atoms with Crippen LogP contribution in [0.2, 0.25) is 0 Å². The molecule has 2 heterocycles. The SMILES string of the molecule is Cc1cc(C)n2nc(SCc3ccccc3C(=O)NCc3ccccc3)nc2n1. The van der Waals surface area contributed by atoms with E-state index in [0.29, 0.717) is 28.8 Å². The molecular formula is C22H21N5OS. The summed E-state index contributed by atoms with van der Waals surface area (Å²) >= 11 is 1.50. The Hall–Kier alpha value is -3.19. The molecule has 0 fully saturated rings. The summed E-state index contributed by atoms with van der Waals surface area (Å²) in [4.78, 5) is 21.6. The Balaban J connectivity index is 1.47. The number of benzene rings is 2. The fourth-order valence-corrected chi connectivity index (χ4v) is 3.91. The Morgan fingerprint density at radius 1 is 1.03 bits per heavy atom.